The van der Waals surface area contributed by atoms with E-state index >= 15 is 0 Å². The van der Waals surface area contributed by atoms with Crippen LogP contribution in [-0.4, -0.2) is 7.11 Å². The van der Waals surface area contributed by atoms with E-state index in [0.29, 0.717) is 0 Å². The van der Waals surface area contributed by atoms with E-state index in [4.69, 9.17) is 4.74 Å². The maximum absolute atomic E-state index is 5.75. The highest BCUT2D eigenvalue weighted by atomic mass is 16.5. The molecule has 7 aromatic rings. The summed E-state index contributed by atoms with van der Waals surface area (Å²) in [6.45, 7) is 8.91. The number of fused-ring (bicyclic) bond motifs is 3. The van der Waals surface area contributed by atoms with Gasteiger partial charge in [-0.3, -0.25) is 0 Å². The number of rotatable bonds is 8. The molecule has 1 nitrogen and oxygen atoms in total. The normalized spacial score (nSPS) is 11.6. The van der Waals surface area contributed by atoms with E-state index in [1.54, 1.807) is 7.11 Å². The van der Waals surface area contributed by atoms with E-state index in [-0.39, 0.29) is 0 Å². The van der Waals surface area contributed by atoms with Gasteiger partial charge in [-0.1, -0.05) is 165 Å². The third-order valence-corrected chi connectivity index (χ3v) is 8.63. The zero-order valence-electron chi connectivity index (χ0n) is 25.9. The molecule has 0 saturated carbocycles. The zero-order valence-corrected chi connectivity index (χ0v) is 25.9. The predicted octanol–water partition coefficient (Wildman–Crippen LogP) is 12.3. The Balaban J connectivity index is 1.35. The van der Waals surface area contributed by atoms with Gasteiger partial charge in [-0.15, -0.1) is 0 Å². The Morgan fingerprint density at radius 1 is 0.543 bits per heavy atom. The van der Waals surface area contributed by atoms with Crippen LogP contribution in [0.15, 0.2) is 176 Å². The second kappa shape index (κ2) is 12.6. The fourth-order valence-corrected chi connectivity index (χ4v) is 6.43. The van der Waals surface area contributed by atoms with Crippen LogP contribution in [0.4, 0.5) is 0 Å². The number of allylic oxidation sites excluding steroid dienone is 5. The SMILES string of the molecule is C=C(/C=C\C(=C)c1c2ccccc2c(-c2ccccc2-c2ccccc2)c2cc(OC)ccc12)/C=C\c1cccc2ccccc12. The van der Waals surface area contributed by atoms with Gasteiger partial charge in [0.2, 0.25) is 0 Å². The Morgan fingerprint density at radius 3 is 2.00 bits per heavy atom. The first-order chi connectivity index (χ1) is 22.6. The summed E-state index contributed by atoms with van der Waals surface area (Å²) < 4.78 is 5.75. The van der Waals surface area contributed by atoms with Crippen LogP contribution >= 0.6 is 0 Å². The summed E-state index contributed by atoms with van der Waals surface area (Å²) >= 11 is 0. The van der Waals surface area contributed by atoms with Crippen molar-refractivity contribution in [2.45, 2.75) is 0 Å². The molecule has 0 bridgehead atoms. The summed E-state index contributed by atoms with van der Waals surface area (Å²) in [5.74, 6) is 0.820. The van der Waals surface area contributed by atoms with Crippen LogP contribution in [-0.2, 0) is 0 Å². The Kier molecular flexibility index (Phi) is 7.89. The topological polar surface area (TPSA) is 9.23 Å². The standard InChI is InChI=1S/C45H34O/c1-31(25-27-35-18-13-17-33-16-7-8-19-37(33)35)24-26-32(2)44-40-22-11-12-23-41(40)45(43-30-36(46-3)28-29-42(43)44)39-21-10-9-20-38(39)34-14-5-4-6-15-34/h4-30H,1-2H2,3H3/b26-24-,27-25-. The van der Waals surface area contributed by atoms with Crippen LogP contribution in [0.1, 0.15) is 11.1 Å². The third kappa shape index (κ3) is 5.44. The van der Waals surface area contributed by atoms with Crippen molar-refractivity contribution < 1.29 is 4.74 Å². The van der Waals surface area contributed by atoms with Gasteiger partial charge in [0.1, 0.15) is 5.75 Å². The van der Waals surface area contributed by atoms with E-state index in [2.05, 4.69) is 165 Å². The van der Waals surface area contributed by atoms with Crippen molar-refractivity contribution >= 4 is 44.0 Å². The molecule has 7 rings (SSSR count). The molecule has 0 atom stereocenters. The van der Waals surface area contributed by atoms with Gasteiger partial charge in [0.15, 0.2) is 0 Å². The lowest BCUT2D eigenvalue weighted by atomic mass is 9.83. The minimum Gasteiger partial charge on any atom is -0.497 e. The lowest BCUT2D eigenvalue weighted by Gasteiger charge is -2.20. The summed E-state index contributed by atoms with van der Waals surface area (Å²) in [6.07, 6.45) is 8.33. The van der Waals surface area contributed by atoms with Gasteiger partial charge in [0, 0.05) is 0 Å². The maximum Gasteiger partial charge on any atom is 0.119 e. The maximum atomic E-state index is 5.75. The van der Waals surface area contributed by atoms with Gasteiger partial charge in [0.25, 0.3) is 0 Å². The van der Waals surface area contributed by atoms with E-state index in [0.717, 1.165) is 38.6 Å². The molecule has 0 spiro atoms. The summed E-state index contributed by atoms with van der Waals surface area (Å²) in [5.41, 5.74) is 8.85. The van der Waals surface area contributed by atoms with Crippen molar-refractivity contribution in [3.05, 3.63) is 188 Å². The molecule has 0 fully saturated rings. The molecule has 1 heteroatoms. The minimum absolute atomic E-state index is 0.820. The second-order valence-electron chi connectivity index (χ2n) is 11.5. The fraction of sp³-hybridized carbons (Fsp3) is 0.0222. The molecule has 0 radical (unpaired) electrons. The van der Waals surface area contributed by atoms with Crippen LogP contribution in [0.5, 0.6) is 5.75 Å². The number of hydrogen-bond acceptors (Lipinski definition) is 1. The van der Waals surface area contributed by atoms with Crippen LogP contribution < -0.4 is 4.74 Å². The van der Waals surface area contributed by atoms with E-state index in [1.165, 1.54) is 44.0 Å². The molecule has 7 aromatic carbocycles. The first-order valence-electron chi connectivity index (χ1n) is 15.5. The van der Waals surface area contributed by atoms with Gasteiger partial charge in [-0.25, -0.2) is 0 Å². The smallest absolute Gasteiger partial charge is 0.119 e. The first-order valence-corrected chi connectivity index (χ1v) is 15.5. The molecular formula is C45H34O. The lowest BCUT2D eigenvalue weighted by Crippen LogP contribution is -1.95. The largest absolute Gasteiger partial charge is 0.497 e. The van der Waals surface area contributed by atoms with Gasteiger partial charge in [-0.2, -0.15) is 0 Å². The van der Waals surface area contributed by atoms with E-state index in [9.17, 15) is 0 Å². The summed E-state index contributed by atoms with van der Waals surface area (Å²) in [5, 5.41) is 7.04. The molecular weight excluding hydrogens is 556 g/mol. The summed E-state index contributed by atoms with van der Waals surface area (Å²) in [4.78, 5) is 0. The Labute approximate surface area is 270 Å². The fourth-order valence-electron chi connectivity index (χ4n) is 6.43. The van der Waals surface area contributed by atoms with Crippen LogP contribution in [0, 0.1) is 0 Å². The second-order valence-corrected chi connectivity index (χ2v) is 11.5. The highest BCUT2D eigenvalue weighted by Crippen LogP contribution is 2.45. The van der Waals surface area contributed by atoms with Gasteiger partial charge >= 0.3 is 0 Å². The van der Waals surface area contributed by atoms with Crippen LogP contribution in [0.25, 0.3) is 66.2 Å². The van der Waals surface area contributed by atoms with Gasteiger partial charge < -0.3 is 4.74 Å². The molecule has 0 aliphatic rings. The predicted molar refractivity (Wildman–Crippen MR) is 199 cm³/mol. The van der Waals surface area contributed by atoms with Crippen LogP contribution in [0.3, 0.4) is 0 Å². The molecule has 0 unspecified atom stereocenters. The summed E-state index contributed by atoms with van der Waals surface area (Å²) in [7, 11) is 1.72. The third-order valence-electron chi connectivity index (χ3n) is 8.63. The van der Waals surface area contributed by atoms with Crippen molar-refractivity contribution in [3.8, 4) is 28.0 Å². The highest BCUT2D eigenvalue weighted by Gasteiger charge is 2.19. The molecule has 0 saturated heterocycles. The highest BCUT2D eigenvalue weighted by molar-refractivity contribution is 6.20. The number of methoxy groups -OCH3 is 1. The Morgan fingerprint density at radius 2 is 1.20 bits per heavy atom. The van der Waals surface area contributed by atoms with Crippen molar-refractivity contribution in [2.24, 2.45) is 0 Å². The minimum atomic E-state index is 0.820. The van der Waals surface area contributed by atoms with E-state index < -0.39 is 0 Å². The number of hydrogen-bond donors (Lipinski definition) is 0. The van der Waals surface area contributed by atoms with Gasteiger partial charge in [0.05, 0.1) is 7.11 Å². The molecule has 46 heavy (non-hydrogen) atoms. The molecule has 0 N–H and O–H groups in total. The Hall–Kier alpha value is -5.92. The molecule has 0 heterocycles. The Bertz CT molecular complexity index is 2310. The van der Waals surface area contributed by atoms with Crippen molar-refractivity contribution in [2.75, 3.05) is 7.11 Å². The van der Waals surface area contributed by atoms with E-state index in [1.807, 2.05) is 12.1 Å². The van der Waals surface area contributed by atoms with Crippen molar-refractivity contribution in [3.63, 3.8) is 0 Å². The number of ether oxygens (including phenoxy) is 1. The molecule has 220 valence electrons. The quantitative estimate of drug-likeness (QED) is 0.126. The monoisotopic (exact) mass is 590 g/mol. The van der Waals surface area contributed by atoms with Crippen molar-refractivity contribution in [1.29, 1.82) is 0 Å². The average Bonchev–Trinajstić information content (AvgIpc) is 3.12. The van der Waals surface area contributed by atoms with Crippen LogP contribution in [0.2, 0.25) is 0 Å². The molecule has 0 aliphatic heterocycles. The average molecular weight is 591 g/mol. The molecule has 0 aromatic heterocycles. The van der Waals surface area contributed by atoms with Gasteiger partial charge in [-0.05, 0) is 89.0 Å². The number of benzene rings is 7. The molecule has 0 aliphatic carbocycles. The first kappa shape index (κ1) is 28.8. The zero-order chi connectivity index (χ0) is 31.5. The lowest BCUT2D eigenvalue weighted by molar-refractivity contribution is 0.415. The summed E-state index contributed by atoms with van der Waals surface area (Å²) in [6, 6.07) is 49.1. The molecule has 0 amide bonds. The van der Waals surface area contributed by atoms with Crippen molar-refractivity contribution in [1.82, 2.24) is 0 Å².